The average molecular weight is 338 g/mol. The van der Waals surface area contributed by atoms with Gasteiger partial charge in [0.15, 0.2) is 0 Å². The Morgan fingerprint density at radius 1 is 1.28 bits per heavy atom. The number of carbonyl (C=O) groups is 2. The summed E-state index contributed by atoms with van der Waals surface area (Å²) >= 11 is 0. The lowest BCUT2D eigenvalue weighted by atomic mass is 10.1. The Balaban J connectivity index is 1.69. The van der Waals surface area contributed by atoms with Gasteiger partial charge in [-0.15, -0.1) is 0 Å². The van der Waals surface area contributed by atoms with E-state index in [0.29, 0.717) is 30.8 Å². The molecule has 1 aliphatic rings. The van der Waals surface area contributed by atoms with Crippen molar-refractivity contribution in [2.75, 3.05) is 30.4 Å². The molecule has 0 saturated carbocycles. The van der Waals surface area contributed by atoms with Crippen LogP contribution in [0.4, 0.5) is 11.4 Å². The normalized spacial score (nSPS) is 15.0. The second-order valence-electron chi connectivity index (χ2n) is 6.18. The summed E-state index contributed by atoms with van der Waals surface area (Å²) in [4.78, 5) is 26.2. The number of fused-ring (bicyclic) bond motifs is 1. The molecule has 2 aromatic carbocycles. The molecule has 130 valence electrons. The zero-order chi connectivity index (χ0) is 17.8. The van der Waals surface area contributed by atoms with Crippen molar-refractivity contribution in [3.63, 3.8) is 0 Å². The van der Waals surface area contributed by atoms with E-state index in [2.05, 4.69) is 10.6 Å². The lowest BCUT2D eigenvalue weighted by Crippen LogP contribution is -2.32. The number of anilines is 2. The third-order valence-electron chi connectivity index (χ3n) is 4.33. The highest BCUT2D eigenvalue weighted by molar-refractivity contribution is 6.00. The predicted octanol–water partition coefficient (Wildman–Crippen LogP) is 1.89. The van der Waals surface area contributed by atoms with E-state index < -0.39 is 0 Å². The first-order valence-electron chi connectivity index (χ1n) is 8.28. The van der Waals surface area contributed by atoms with Gasteiger partial charge in [0.05, 0.1) is 11.4 Å². The van der Waals surface area contributed by atoms with E-state index in [9.17, 15) is 9.59 Å². The second kappa shape index (κ2) is 7.36. The van der Waals surface area contributed by atoms with Crippen molar-refractivity contribution in [1.29, 1.82) is 0 Å². The van der Waals surface area contributed by atoms with Gasteiger partial charge in [0.25, 0.3) is 5.91 Å². The minimum Gasteiger partial charge on any atom is -0.372 e. The highest BCUT2D eigenvalue weighted by atomic mass is 16.2. The van der Waals surface area contributed by atoms with E-state index in [1.807, 2.05) is 48.3 Å². The summed E-state index contributed by atoms with van der Waals surface area (Å²) in [5.74, 6) is -0.260. The molecule has 2 amide bonds. The molecule has 0 fully saturated rings. The van der Waals surface area contributed by atoms with Gasteiger partial charge in [-0.1, -0.05) is 30.3 Å². The first-order valence-corrected chi connectivity index (χ1v) is 8.28. The van der Waals surface area contributed by atoms with Crippen LogP contribution in [0.5, 0.6) is 0 Å². The topological polar surface area (TPSA) is 87.5 Å². The first-order chi connectivity index (χ1) is 12.0. The van der Waals surface area contributed by atoms with Gasteiger partial charge in [0.2, 0.25) is 5.91 Å². The van der Waals surface area contributed by atoms with Gasteiger partial charge in [-0.3, -0.25) is 9.59 Å². The highest BCUT2D eigenvalue weighted by Gasteiger charge is 2.18. The number of benzene rings is 2. The molecule has 6 heteroatoms. The third-order valence-corrected chi connectivity index (χ3v) is 4.33. The van der Waals surface area contributed by atoms with Gasteiger partial charge >= 0.3 is 0 Å². The summed E-state index contributed by atoms with van der Waals surface area (Å²) in [6.07, 6.45) is 0.429. The van der Waals surface area contributed by atoms with Crippen LogP contribution in [-0.4, -0.2) is 32.0 Å². The summed E-state index contributed by atoms with van der Waals surface area (Å²) < 4.78 is 0. The third kappa shape index (κ3) is 3.97. The zero-order valence-corrected chi connectivity index (χ0v) is 14.2. The van der Waals surface area contributed by atoms with Crippen molar-refractivity contribution in [2.45, 2.75) is 12.5 Å². The number of amides is 2. The summed E-state index contributed by atoms with van der Waals surface area (Å²) in [5.41, 5.74) is 9.14. The number of rotatable bonds is 4. The molecule has 4 N–H and O–H groups in total. The molecule has 0 saturated heterocycles. The number of carbonyl (C=O) groups excluding carboxylic acids is 2. The Morgan fingerprint density at radius 2 is 2.04 bits per heavy atom. The Bertz CT molecular complexity index is 776. The highest BCUT2D eigenvalue weighted by Crippen LogP contribution is 2.28. The van der Waals surface area contributed by atoms with Crippen molar-refractivity contribution < 1.29 is 9.59 Å². The minimum absolute atomic E-state index is 0.0470. The lowest BCUT2D eigenvalue weighted by Gasteiger charge is -2.19. The number of hydrogen-bond donors (Lipinski definition) is 3. The monoisotopic (exact) mass is 338 g/mol. The molecule has 0 aliphatic carbocycles. The van der Waals surface area contributed by atoms with Crippen LogP contribution in [-0.2, 0) is 4.79 Å². The Labute approximate surface area is 147 Å². The Hall–Kier alpha value is -2.86. The lowest BCUT2D eigenvalue weighted by molar-refractivity contribution is -0.115. The van der Waals surface area contributed by atoms with E-state index in [1.54, 1.807) is 12.1 Å². The molecule has 2 aromatic rings. The molecule has 1 atom stereocenters. The largest absolute Gasteiger partial charge is 0.372 e. The second-order valence-corrected chi connectivity index (χ2v) is 6.18. The quantitative estimate of drug-likeness (QED) is 0.794. The van der Waals surface area contributed by atoms with E-state index >= 15 is 0 Å². The van der Waals surface area contributed by atoms with Gasteiger partial charge in [0, 0.05) is 38.2 Å². The standard InChI is InChI=1S/C19H22N4O2/c1-23-10-9-18(24)22-16-11-14(7-8-17(16)23)19(25)21-12-15(20)13-5-3-2-4-6-13/h2-8,11,15H,9-10,12,20H2,1H3,(H,21,25)(H,22,24). The van der Waals surface area contributed by atoms with E-state index in [1.165, 1.54) is 0 Å². The maximum atomic E-state index is 12.4. The minimum atomic E-state index is -0.267. The number of nitrogens with zero attached hydrogens (tertiary/aromatic N) is 1. The molecule has 0 radical (unpaired) electrons. The fourth-order valence-electron chi connectivity index (χ4n) is 2.84. The molecule has 1 heterocycles. The van der Waals surface area contributed by atoms with Crippen molar-refractivity contribution in [1.82, 2.24) is 5.32 Å². The fourth-order valence-corrected chi connectivity index (χ4v) is 2.84. The maximum absolute atomic E-state index is 12.4. The summed E-state index contributed by atoms with van der Waals surface area (Å²) in [6, 6.07) is 14.7. The van der Waals surface area contributed by atoms with Crippen molar-refractivity contribution in [3.8, 4) is 0 Å². The number of nitrogens with one attached hydrogen (secondary N) is 2. The molecule has 0 bridgehead atoms. The molecule has 0 spiro atoms. The van der Waals surface area contributed by atoms with Gasteiger partial charge in [-0.2, -0.15) is 0 Å². The number of nitrogens with two attached hydrogens (primary N) is 1. The van der Waals surface area contributed by atoms with Crippen molar-refractivity contribution in [2.24, 2.45) is 5.73 Å². The molecular weight excluding hydrogens is 316 g/mol. The van der Waals surface area contributed by atoms with Gasteiger partial charge in [-0.25, -0.2) is 0 Å². The van der Waals surface area contributed by atoms with E-state index in [-0.39, 0.29) is 17.9 Å². The summed E-state index contributed by atoms with van der Waals surface area (Å²) in [5, 5.41) is 5.71. The molecule has 1 aliphatic heterocycles. The Morgan fingerprint density at radius 3 is 2.80 bits per heavy atom. The number of hydrogen-bond acceptors (Lipinski definition) is 4. The van der Waals surface area contributed by atoms with E-state index in [4.69, 9.17) is 5.73 Å². The van der Waals surface area contributed by atoms with Crippen LogP contribution in [0.2, 0.25) is 0 Å². The Kier molecular flexibility index (Phi) is 5.00. The van der Waals surface area contributed by atoms with Crippen LogP contribution < -0.4 is 21.3 Å². The SMILES string of the molecule is CN1CCC(=O)Nc2cc(C(=O)NCC(N)c3ccccc3)ccc21. The van der Waals surface area contributed by atoms with Crippen LogP contribution in [0, 0.1) is 0 Å². The van der Waals surface area contributed by atoms with E-state index in [0.717, 1.165) is 11.3 Å². The van der Waals surface area contributed by atoms with Crippen molar-refractivity contribution >= 4 is 23.2 Å². The fraction of sp³-hybridized carbons (Fsp3) is 0.263. The van der Waals surface area contributed by atoms with Gasteiger partial charge in [-0.05, 0) is 23.8 Å². The van der Waals surface area contributed by atoms with Gasteiger partial charge < -0.3 is 21.3 Å². The molecular formula is C19H22N4O2. The van der Waals surface area contributed by atoms with Gasteiger partial charge in [0.1, 0.15) is 0 Å². The molecule has 25 heavy (non-hydrogen) atoms. The zero-order valence-electron chi connectivity index (χ0n) is 14.2. The molecule has 1 unspecified atom stereocenters. The van der Waals surface area contributed by atoms with Crippen LogP contribution >= 0.6 is 0 Å². The summed E-state index contributed by atoms with van der Waals surface area (Å²) in [7, 11) is 1.93. The van der Waals surface area contributed by atoms with Crippen LogP contribution in [0.3, 0.4) is 0 Å². The predicted molar refractivity (Wildman–Crippen MR) is 98.7 cm³/mol. The first kappa shape index (κ1) is 17.0. The van der Waals surface area contributed by atoms with Crippen molar-refractivity contribution in [3.05, 3.63) is 59.7 Å². The van der Waals surface area contributed by atoms with Crippen LogP contribution in [0.25, 0.3) is 0 Å². The average Bonchev–Trinajstić information content (AvgIpc) is 2.78. The maximum Gasteiger partial charge on any atom is 0.251 e. The van der Waals surface area contributed by atoms with Crippen LogP contribution in [0.15, 0.2) is 48.5 Å². The molecule has 6 nitrogen and oxygen atoms in total. The molecule has 3 rings (SSSR count). The smallest absolute Gasteiger partial charge is 0.251 e. The molecule has 0 aromatic heterocycles. The summed E-state index contributed by atoms with van der Waals surface area (Å²) in [6.45, 7) is 0.989. The van der Waals surface area contributed by atoms with Crippen LogP contribution in [0.1, 0.15) is 28.4 Å².